The minimum absolute atomic E-state index is 0. The van der Waals surface area contributed by atoms with Crippen molar-refractivity contribution in [2.45, 2.75) is 0 Å². The topological polar surface area (TPSA) is 49.4 Å². The molecule has 16 heavy (non-hydrogen) atoms. The van der Waals surface area contributed by atoms with E-state index in [0.29, 0.717) is 0 Å². The van der Waals surface area contributed by atoms with Crippen LogP contribution in [-0.2, 0) is 4.79 Å². The van der Waals surface area contributed by atoms with Gasteiger partial charge in [0.1, 0.15) is 18.0 Å². The molecule has 0 radical (unpaired) electrons. The van der Waals surface area contributed by atoms with Crippen LogP contribution in [0.1, 0.15) is 0 Å². The number of carboxylic acids is 1. The molecule has 0 unspecified atom stereocenters. The molecule has 5 heteroatoms. The molecule has 0 heterocycles. The van der Waals surface area contributed by atoms with Crippen LogP contribution >= 0.6 is 0 Å². The van der Waals surface area contributed by atoms with Gasteiger partial charge < -0.3 is 14.6 Å². The predicted octanol–water partition coefficient (Wildman–Crippen LogP) is -2.98. The zero-order valence-corrected chi connectivity index (χ0v) is 12.2. The number of benzene rings is 1. The summed E-state index contributed by atoms with van der Waals surface area (Å²) in [4.78, 5) is 10.6. The van der Waals surface area contributed by atoms with Gasteiger partial charge in [0, 0.05) is 12.1 Å². The normalized spacial score (nSPS) is 10.4. The van der Waals surface area contributed by atoms with Gasteiger partial charge in [-0.1, -0.05) is 0 Å². The number of carbonyl (C=O) groups is 1. The number of likely N-dealkylation sites (N-methyl/N-ethyl adjacent to an activating group) is 1. The van der Waals surface area contributed by atoms with E-state index in [1.165, 1.54) is 0 Å². The van der Waals surface area contributed by atoms with Crippen LogP contribution in [-0.4, -0.2) is 33.7 Å². The fourth-order valence-electron chi connectivity index (χ4n) is 1.40. The number of hydrogen-bond acceptors (Lipinski definition) is 3. The van der Waals surface area contributed by atoms with Gasteiger partial charge in [-0.15, -0.1) is 0 Å². The van der Waals surface area contributed by atoms with Gasteiger partial charge >= 0.3 is 29.6 Å². The molecule has 0 atom stereocenters. The van der Waals surface area contributed by atoms with E-state index in [2.05, 4.69) is 0 Å². The Balaban J connectivity index is 0.00000225. The molecule has 0 saturated carbocycles. The standard InChI is InChI=1S/C11H15NO3.Na/c1-12(2,8-11(13)14)9-4-6-10(15-3)7-5-9;/h4-7H,8H2,1-3H3;/q;+1. The molecule has 0 fully saturated rings. The summed E-state index contributed by atoms with van der Waals surface area (Å²) in [7, 11) is 5.23. The third kappa shape index (κ3) is 4.14. The van der Waals surface area contributed by atoms with Gasteiger partial charge in [0.25, 0.3) is 0 Å². The summed E-state index contributed by atoms with van der Waals surface area (Å²) in [6, 6.07) is 7.32. The number of aliphatic carboxylic acids is 1. The Hall–Kier alpha value is -0.550. The number of rotatable bonds is 4. The van der Waals surface area contributed by atoms with Crippen molar-refractivity contribution in [1.82, 2.24) is 4.48 Å². The van der Waals surface area contributed by atoms with Crippen molar-refractivity contribution in [3.8, 4) is 5.75 Å². The molecule has 0 spiro atoms. The summed E-state index contributed by atoms with van der Waals surface area (Å²) < 4.78 is 5.28. The van der Waals surface area contributed by atoms with E-state index in [9.17, 15) is 9.90 Å². The summed E-state index contributed by atoms with van der Waals surface area (Å²) in [5.74, 6) is -0.303. The van der Waals surface area contributed by atoms with Crippen molar-refractivity contribution >= 4 is 11.7 Å². The van der Waals surface area contributed by atoms with E-state index in [1.54, 1.807) is 7.11 Å². The molecule has 1 aromatic carbocycles. The van der Waals surface area contributed by atoms with E-state index in [0.717, 1.165) is 11.4 Å². The van der Waals surface area contributed by atoms with Gasteiger partial charge in [-0.25, -0.2) is 0 Å². The Labute approximate surface area is 118 Å². The second-order valence-electron chi connectivity index (χ2n) is 3.91. The summed E-state index contributed by atoms with van der Waals surface area (Å²) >= 11 is 0. The van der Waals surface area contributed by atoms with E-state index >= 15 is 0 Å². The summed E-state index contributed by atoms with van der Waals surface area (Å²) in [5.41, 5.74) is 0.903. The number of hydrogen-bond donors (Lipinski definition) is 0. The van der Waals surface area contributed by atoms with Crippen LogP contribution in [0.15, 0.2) is 24.3 Å². The van der Waals surface area contributed by atoms with Gasteiger partial charge in [-0.05, 0) is 12.1 Å². The third-order valence-electron chi connectivity index (χ3n) is 2.30. The van der Waals surface area contributed by atoms with Crippen LogP contribution in [0.3, 0.4) is 0 Å². The van der Waals surface area contributed by atoms with Gasteiger partial charge in [-0.2, -0.15) is 0 Å². The SMILES string of the molecule is COc1ccc([N+](C)(C)CC(=O)[O-])cc1.[Na+]. The maximum Gasteiger partial charge on any atom is 1.00 e. The first kappa shape index (κ1) is 15.4. The average Bonchev–Trinajstić information content (AvgIpc) is 2.16. The number of carbonyl (C=O) groups excluding carboxylic acids is 1. The molecular formula is C11H15NNaO3+. The van der Waals surface area contributed by atoms with Crippen LogP contribution in [0, 0.1) is 0 Å². The maximum absolute atomic E-state index is 10.6. The van der Waals surface area contributed by atoms with Crippen LogP contribution in [0.5, 0.6) is 5.75 Å². The second kappa shape index (κ2) is 6.25. The Morgan fingerprint density at radius 1 is 1.31 bits per heavy atom. The number of quaternary nitrogens is 1. The maximum atomic E-state index is 10.6. The van der Waals surface area contributed by atoms with Gasteiger partial charge in [-0.3, -0.25) is 4.48 Å². The minimum atomic E-state index is -1.06. The van der Waals surface area contributed by atoms with Crippen LogP contribution in [0.2, 0.25) is 0 Å². The molecular weight excluding hydrogens is 217 g/mol. The van der Waals surface area contributed by atoms with Gasteiger partial charge in [0.2, 0.25) is 0 Å². The zero-order chi connectivity index (χ0) is 11.5. The zero-order valence-electron chi connectivity index (χ0n) is 10.2. The van der Waals surface area contributed by atoms with E-state index in [4.69, 9.17) is 4.74 Å². The van der Waals surface area contributed by atoms with Gasteiger partial charge in [0.05, 0.1) is 27.2 Å². The molecule has 0 N–H and O–H groups in total. The number of nitrogens with zero attached hydrogens (tertiary/aromatic N) is 1. The van der Waals surface area contributed by atoms with E-state index in [1.807, 2.05) is 38.4 Å². The molecule has 0 saturated heterocycles. The minimum Gasteiger partial charge on any atom is -0.544 e. The van der Waals surface area contributed by atoms with E-state index < -0.39 is 5.97 Å². The quantitative estimate of drug-likeness (QED) is 0.411. The van der Waals surface area contributed by atoms with Crippen LogP contribution < -0.4 is 43.9 Å². The molecule has 0 aromatic heterocycles. The van der Waals surface area contributed by atoms with Crippen molar-refractivity contribution in [2.75, 3.05) is 27.7 Å². The summed E-state index contributed by atoms with van der Waals surface area (Å²) in [5, 5.41) is 10.6. The molecule has 0 aliphatic rings. The Morgan fingerprint density at radius 3 is 2.19 bits per heavy atom. The molecule has 82 valence electrons. The molecule has 4 nitrogen and oxygen atoms in total. The van der Waals surface area contributed by atoms with Crippen LogP contribution in [0.25, 0.3) is 0 Å². The molecule has 0 aliphatic carbocycles. The number of ether oxygens (including phenoxy) is 1. The fraction of sp³-hybridized carbons (Fsp3) is 0.364. The number of methoxy groups -OCH3 is 1. The predicted molar refractivity (Wildman–Crippen MR) is 56.5 cm³/mol. The monoisotopic (exact) mass is 232 g/mol. The molecule has 0 aliphatic heterocycles. The van der Waals surface area contributed by atoms with Crippen molar-refractivity contribution in [3.63, 3.8) is 0 Å². The number of carboxylic acid groups (broad SMARTS) is 1. The fourth-order valence-corrected chi connectivity index (χ4v) is 1.40. The Kier molecular flexibility index (Phi) is 6.04. The largest absolute Gasteiger partial charge is 1.00 e. The first-order chi connectivity index (χ1) is 6.95. The molecule has 0 bridgehead atoms. The smallest absolute Gasteiger partial charge is 0.544 e. The van der Waals surface area contributed by atoms with Crippen LogP contribution in [0.4, 0.5) is 5.69 Å². The summed E-state index contributed by atoms with van der Waals surface area (Å²) in [6.07, 6.45) is 0. The Morgan fingerprint density at radius 2 is 1.81 bits per heavy atom. The first-order valence-electron chi connectivity index (χ1n) is 4.63. The van der Waals surface area contributed by atoms with Gasteiger partial charge in [0.15, 0.2) is 0 Å². The first-order valence-corrected chi connectivity index (χ1v) is 4.63. The second-order valence-corrected chi connectivity index (χ2v) is 3.91. The van der Waals surface area contributed by atoms with Crippen molar-refractivity contribution in [3.05, 3.63) is 24.3 Å². The Bertz CT molecular complexity index is 349. The molecule has 1 rings (SSSR count). The van der Waals surface area contributed by atoms with E-state index in [-0.39, 0.29) is 40.6 Å². The van der Waals surface area contributed by atoms with Crippen molar-refractivity contribution in [1.29, 1.82) is 0 Å². The molecule has 0 amide bonds. The van der Waals surface area contributed by atoms with Crippen molar-refractivity contribution in [2.24, 2.45) is 0 Å². The molecule has 1 aromatic rings. The third-order valence-corrected chi connectivity index (χ3v) is 2.30. The average molecular weight is 232 g/mol. The van der Waals surface area contributed by atoms with Crippen molar-refractivity contribution < 1.29 is 44.2 Å². The summed E-state index contributed by atoms with van der Waals surface area (Å²) in [6.45, 7) is -0.0493.